The van der Waals surface area contributed by atoms with Crippen LogP contribution in [0.5, 0.6) is 0 Å². The Labute approximate surface area is 277 Å². The normalized spacial score (nSPS) is 43.1. The molecule has 0 radical (unpaired) electrons. The Kier molecular flexibility index (Phi) is 8.25. The predicted molar refractivity (Wildman–Crippen MR) is 176 cm³/mol. The summed E-state index contributed by atoms with van der Waals surface area (Å²) in [5.41, 5.74) is 4.97. The first-order valence-electron chi connectivity index (χ1n) is 18.2. The molecule has 1 saturated heterocycles. The molecule has 46 heavy (non-hydrogen) atoms. The van der Waals surface area contributed by atoms with Gasteiger partial charge in [0.05, 0.1) is 13.2 Å². The Bertz CT molecular complexity index is 1290. The van der Waals surface area contributed by atoms with Crippen LogP contribution < -0.4 is 5.43 Å². The average molecular weight is 641 g/mol. The molecular weight excluding hydrogens is 580 g/mol. The Hall–Kier alpha value is -2.09. The van der Waals surface area contributed by atoms with Gasteiger partial charge in [-0.1, -0.05) is 60.1 Å². The summed E-state index contributed by atoms with van der Waals surface area (Å²) in [5, 5.41) is 1.50. The number of fused-ring (bicyclic) bond motifs is 7. The van der Waals surface area contributed by atoms with Gasteiger partial charge in [0.2, 0.25) is 0 Å². The lowest BCUT2D eigenvalue weighted by Gasteiger charge is -2.72. The van der Waals surface area contributed by atoms with Crippen molar-refractivity contribution in [3.63, 3.8) is 0 Å². The first kappa shape index (κ1) is 33.8. The van der Waals surface area contributed by atoms with Crippen molar-refractivity contribution in [3.05, 3.63) is 11.6 Å². The molecule has 0 spiro atoms. The smallest absolute Gasteiger partial charge is 0.424 e. The number of carbonyl (C=O) groups excluding carboxylic acids is 3. The zero-order valence-corrected chi connectivity index (χ0v) is 30.1. The predicted octanol–water partition coefficient (Wildman–Crippen LogP) is 7.61. The molecule has 9 atom stereocenters. The van der Waals surface area contributed by atoms with E-state index in [0.29, 0.717) is 31.6 Å². The summed E-state index contributed by atoms with van der Waals surface area (Å²) < 4.78 is 17.0. The van der Waals surface area contributed by atoms with Crippen LogP contribution in [0.4, 0.5) is 4.79 Å². The van der Waals surface area contributed by atoms with Crippen LogP contribution in [0.15, 0.2) is 11.6 Å². The summed E-state index contributed by atoms with van der Waals surface area (Å²) >= 11 is 0. The molecule has 5 fully saturated rings. The Balaban J connectivity index is 1.40. The number of ether oxygens (including phenoxy) is 3. The number of hydrazine groups is 1. The van der Waals surface area contributed by atoms with E-state index in [-0.39, 0.29) is 56.5 Å². The van der Waals surface area contributed by atoms with Crippen LogP contribution in [0.2, 0.25) is 0 Å². The second kappa shape index (κ2) is 11.2. The minimum Gasteiger partial charge on any atom is -0.465 e. The van der Waals surface area contributed by atoms with Crippen molar-refractivity contribution in [1.82, 2.24) is 10.4 Å². The fourth-order valence-electron chi connectivity index (χ4n) is 12.5. The zero-order chi connectivity index (χ0) is 33.5. The summed E-state index contributed by atoms with van der Waals surface area (Å²) in [4.78, 5) is 38.6. The van der Waals surface area contributed by atoms with Gasteiger partial charge in [-0.3, -0.25) is 9.59 Å². The SMILES string of the molecule is CCOC(=O)[C@@H](NN1CCOC1=O)[C@]12CCC(C)(C)C[C@H]1C1=CC[C@@H]3[C@@]4(C)CC[C@H](OC(C)=O)C(C)(C)[C@@H]4CC[C@@]3(C)[C@]1(C)CC2. The van der Waals surface area contributed by atoms with Crippen molar-refractivity contribution in [1.29, 1.82) is 0 Å². The van der Waals surface area contributed by atoms with E-state index >= 15 is 0 Å². The van der Waals surface area contributed by atoms with Crippen LogP contribution >= 0.6 is 0 Å². The summed E-state index contributed by atoms with van der Waals surface area (Å²) in [5.74, 6) is 0.820. The van der Waals surface area contributed by atoms with E-state index in [0.717, 1.165) is 64.2 Å². The quantitative estimate of drug-likeness (QED) is 0.181. The molecule has 0 aromatic heterocycles. The van der Waals surface area contributed by atoms with Gasteiger partial charge in [0.1, 0.15) is 18.8 Å². The van der Waals surface area contributed by atoms with Gasteiger partial charge >= 0.3 is 18.0 Å². The number of allylic oxidation sites excluding steroid dienone is 2. The highest BCUT2D eigenvalue weighted by Crippen LogP contribution is 2.76. The molecule has 4 saturated carbocycles. The maximum Gasteiger partial charge on any atom is 0.424 e. The Morgan fingerprint density at radius 2 is 1.72 bits per heavy atom. The van der Waals surface area contributed by atoms with E-state index in [2.05, 4.69) is 60.0 Å². The van der Waals surface area contributed by atoms with Crippen molar-refractivity contribution in [3.8, 4) is 0 Å². The second-order valence-electron chi connectivity index (χ2n) is 18.0. The van der Waals surface area contributed by atoms with Gasteiger partial charge < -0.3 is 14.2 Å². The molecule has 258 valence electrons. The number of carbonyl (C=O) groups is 3. The van der Waals surface area contributed by atoms with Gasteiger partial charge in [-0.2, -0.15) is 0 Å². The van der Waals surface area contributed by atoms with Crippen LogP contribution in [0, 0.1) is 50.2 Å². The number of hydrogen-bond acceptors (Lipinski definition) is 7. The fourth-order valence-corrected chi connectivity index (χ4v) is 12.5. The van der Waals surface area contributed by atoms with Crippen LogP contribution in [-0.4, -0.2) is 54.9 Å². The summed E-state index contributed by atoms with van der Waals surface area (Å²) in [6, 6.07) is -0.610. The number of nitrogens with zero attached hydrogens (tertiary/aromatic N) is 1. The highest BCUT2D eigenvalue weighted by Gasteiger charge is 2.70. The molecule has 1 aliphatic heterocycles. The highest BCUT2D eigenvalue weighted by molar-refractivity contribution is 5.78. The minimum absolute atomic E-state index is 0.00808. The zero-order valence-electron chi connectivity index (χ0n) is 30.1. The van der Waals surface area contributed by atoms with Gasteiger partial charge in [0.25, 0.3) is 0 Å². The van der Waals surface area contributed by atoms with Crippen LogP contribution in [0.3, 0.4) is 0 Å². The molecule has 5 aliphatic carbocycles. The first-order valence-corrected chi connectivity index (χ1v) is 18.2. The molecule has 0 aromatic carbocycles. The minimum atomic E-state index is -0.610. The second-order valence-corrected chi connectivity index (χ2v) is 18.0. The maximum absolute atomic E-state index is 13.9. The summed E-state index contributed by atoms with van der Waals surface area (Å²) in [6.07, 6.45) is 12.4. The monoisotopic (exact) mass is 640 g/mol. The number of hydrogen-bond donors (Lipinski definition) is 1. The summed E-state index contributed by atoms with van der Waals surface area (Å²) in [6.45, 7) is 21.6. The molecule has 0 aromatic rings. The third kappa shape index (κ3) is 4.88. The Morgan fingerprint density at radius 3 is 2.37 bits per heavy atom. The lowest BCUT2D eigenvalue weighted by atomic mass is 9.33. The molecule has 1 N–H and O–H groups in total. The lowest BCUT2D eigenvalue weighted by molar-refractivity contribution is -0.213. The topological polar surface area (TPSA) is 94.2 Å². The average Bonchev–Trinajstić information content (AvgIpc) is 3.37. The van der Waals surface area contributed by atoms with Gasteiger partial charge in [-0.15, -0.1) is 0 Å². The van der Waals surface area contributed by atoms with Crippen LogP contribution in [0.25, 0.3) is 0 Å². The van der Waals surface area contributed by atoms with Gasteiger partial charge in [-0.25, -0.2) is 15.2 Å². The first-order chi connectivity index (χ1) is 21.4. The van der Waals surface area contributed by atoms with Crippen molar-refractivity contribution in [2.45, 2.75) is 139 Å². The molecule has 6 rings (SSSR count). The molecule has 6 aliphatic rings. The number of cyclic esters (lactones) is 1. The molecule has 8 heteroatoms. The van der Waals surface area contributed by atoms with E-state index in [9.17, 15) is 14.4 Å². The van der Waals surface area contributed by atoms with Crippen LogP contribution in [-0.2, 0) is 23.8 Å². The number of esters is 2. The highest BCUT2D eigenvalue weighted by atomic mass is 16.6. The van der Waals surface area contributed by atoms with Crippen molar-refractivity contribution >= 4 is 18.0 Å². The molecule has 0 unspecified atom stereocenters. The van der Waals surface area contributed by atoms with Gasteiger partial charge in [0.15, 0.2) is 0 Å². The van der Waals surface area contributed by atoms with Gasteiger partial charge in [0, 0.05) is 17.8 Å². The van der Waals surface area contributed by atoms with E-state index < -0.39 is 12.1 Å². The molecule has 8 nitrogen and oxygen atoms in total. The van der Waals surface area contributed by atoms with E-state index in [1.165, 1.54) is 5.01 Å². The largest absolute Gasteiger partial charge is 0.465 e. The molecule has 1 amide bonds. The van der Waals surface area contributed by atoms with E-state index in [4.69, 9.17) is 14.2 Å². The number of rotatable bonds is 6. The van der Waals surface area contributed by atoms with Crippen molar-refractivity contribution < 1.29 is 28.6 Å². The van der Waals surface area contributed by atoms with Crippen molar-refractivity contribution in [2.24, 2.45) is 50.2 Å². The number of nitrogens with one attached hydrogen (secondary N) is 1. The number of amides is 1. The molecule has 0 bridgehead atoms. The maximum atomic E-state index is 13.9. The van der Waals surface area contributed by atoms with E-state index in [1.54, 1.807) is 12.5 Å². The van der Waals surface area contributed by atoms with Gasteiger partial charge in [-0.05, 0) is 111 Å². The summed E-state index contributed by atoms with van der Waals surface area (Å²) in [7, 11) is 0. The Morgan fingerprint density at radius 1 is 1.00 bits per heavy atom. The fraction of sp³-hybridized carbons (Fsp3) is 0.868. The standard InChI is InChI=1S/C38H60N2O6/c1-10-44-31(42)30(39-40-21-22-45-32(40)43)38-19-17-33(3,4)23-26(38)25-11-12-28-35(7)15-14-29(46-24(2)41)34(5,6)27(35)13-16-37(28,9)36(25,8)18-20-38/h11,26-30,39H,10,12-23H2,1-9H3/t26-,27-,28+,29-,30+,35-,36+,37+,38-/m0/s1. The molecule has 1 heterocycles. The lowest BCUT2D eigenvalue weighted by Crippen LogP contribution is -2.67. The third-order valence-electron chi connectivity index (χ3n) is 15.1. The van der Waals surface area contributed by atoms with E-state index in [1.807, 2.05) is 6.92 Å². The third-order valence-corrected chi connectivity index (χ3v) is 15.1. The van der Waals surface area contributed by atoms with Crippen LogP contribution in [0.1, 0.15) is 127 Å². The van der Waals surface area contributed by atoms with Crippen molar-refractivity contribution in [2.75, 3.05) is 19.8 Å². The molecular formula is C38H60N2O6.